The molecule has 2 aromatic carbocycles. The summed E-state index contributed by atoms with van der Waals surface area (Å²) in [5.41, 5.74) is 2.75. The first kappa shape index (κ1) is 16.8. The Bertz CT molecular complexity index is 577. The Morgan fingerprint density at radius 2 is 0.952 bits per heavy atom. The van der Waals surface area contributed by atoms with Gasteiger partial charge in [-0.05, 0) is 115 Å². The van der Waals surface area contributed by atoms with Gasteiger partial charge in [0.2, 0.25) is 0 Å². The van der Waals surface area contributed by atoms with Crippen LogP contribution in [-0.2, 0) is 0 Å². The van der Waals surface area contributed by atoms with Crippen molar-refractivity contribution in [3.8, 4) is 0 Å². The van der Waals surface area contributed by atoms with Crippen molar-refractivity contribution < 1.29 is 0 Å². The second kappa shape index (κ2) is 7.24. The zero-order valence-corrected chi connectivity index (χ0v) is 19.6. The largest absolute Gasteiger partial charge is 0.350 e. The Balaban J connectivity index is 1.89. The summed E-state index contributed by atoms with van der Waals surface area (Å²) in [4.78, 5) is 4.98. The van der Waals surface area contributed by atoms with Crippen LogP contribution in [0.1, 0.15) is 0 Å². The molecule has 1 aliphatic rings. The van der Waals surface area contributed by atoms with Gasteiger partial charge in [-0.2, -0.15) is 0 Å². The Kier molecular flexibility index (Phi) is 5.79. The molecule has 0 N–H and O–H groups in total. The highest BCUT2D eigenvalue weighted by Crippen LogP contribution is 2.34. The normalized spacial score (nSPS) is 14.9. The first-order valence-electron chi connectivity index (χ1n) is 6.46. The molecule has 1 aliphatic heterocycles. The van der Waals surface area contributed by atoms with Crippen LogP contribution in [0.25, 0.3) is 0 Å². The van der Waals surface area contributed by atoms with Crippen molar-refractivity contribution in [1.82, 2.24) is 0 Å². The number of halogens is 4. The van der Waals surface area contributed by atoms with E-state index < -0.39 is 0 Å². The van der Waals surface area contributed by atoms with Crippen LogP contribution >= 0.6 is 90.4 Å². The molecule has 0 unspecified atom stereocenters. The Morgan fingerprint density at radius 1 is 0.619 bits per heavy atom. The molecule has 0 aromatic heterocycles. The van der Waals surface area contributed by atoms with Crippen LogP contribution in [0.15, 0.2) is 36.4 Å². The molecule has 0 aliphatic carbocycles. The zero-order chi connectivity index (χ0) is 15.0. The average molecular weight is 728 g/mol. The van der Waals surface area contributed by atoms with Gasteiger partial charge < -0.3 is 9.80 Å². The minimum Gasteiger partial charge on any atom is -0.350 e. The summed E-state index contributed by atoms with van der Waals surface area (Å²) in [5, 5.41) is 0. The maximum atomic E-state index is 2.49. The fourth-order valence-corrected chi connectivity index (χ4v) is 6.93. The van der Waals surface area contributed by atoms with Gasteiger partial charge in [0, 0.05) is 27.4 Å². The van der Waals surface area contributed by atoms with E-state index in [1.165, 1.54) is 25.7 Å². The fourth-order valence-electron chi connectivity index (χ4n) is 2.54. The standard InChI is InChI=1S/C15H12I4N2/c16-10-3-1-4-11(17)14(10)20-7-8-21(9-20)15-12(18)5-2-6-13(15)19/h1-6H,7-9H2. The van der Waals surface area contributed by atoms with Gasteiger partial charge >= 0.3 is 0 Å². The molecular weight excluding hydrogens is 716 g/mol. The van der Waals surface area contributed by atoms with E-state index in [0.717, 1.165) is 19.8 Å². The van der Waals surface area contributed by atoms with Crippen molar-refractivity contribution in [1.29, 1.82) is 0 Å². The van der Waals surface area contributed by atoms with Gasteiger partial charge in [0.1, 0.15) is 0 Å². The number of hydrogen-bond donors (Lipinski definition) is 0. The lowest BCUT2D eigenvalue weighted by Gasteiger charge is -2.24. The van der Waals surface area contributed by atoms with E-state index in [1.807, 2.05) is 0 Å². The number of anilines is 2. The molecule has 0 radical (unpaired) electrons. The first-order valence-corrected chi connectivity index (χ1v) is 10.8. The number of nitrogens with zero attached hydrogens (tertiary/aromatic N) is 2. The molecular formula is C15H12I4N2. The van der Waals surface area contributed by atoms with E-state index in [4.69, 9.17) is 0 Å². The summed E-state index contributed by atoms with van der Waals surface area (Å²) in [7, 11) is 0. The topological polar surface area (TPSA) is 6.48 Å². The van der Waals surface area contributed by atoms with Crippen molar-refractivity contribution in [3.63, 3.8) is 0 Å². The molecule has 0 saturated carbocycles. The third-order valence-electron chi connectivity index (χ3n) is 3.49. The summed E-state index contributed by atoms with van der Waals surface area (Å²) in [6.45, 7) is 3.13. The van der Waals surface area contributed by atoms with E-state index in [2.05, 4.69) is 137 Å². The summed E-state index contributed by atoms with van der Waals surface area (Å²) in [6, 6.07) is 13.0. The van der Waals surface area contributed by atoms with Crippen LogP contribution < -0.4 is 9.80 Å². The molecule has 21 heavy (non-hydrogen) atoms. The van der Waals surface area contributed by atoms with E-state index in [-0.39, 0.29) is 0 Å². The van der Waals surface area contributed by atoms with E-state index in [0.29, 0.717) is 0 Å². The van der Waals surface area contributed by atoms with Gasteiger partial charge in [0.15, 0.2) is 0 Å². The van der Waals surface area contributed by atoms with Gasteiger partial charge in [-0.25, -0.2) is 0 Å². The van der Waals surface area contributed by atoms with Gasteiger partial charge in [0.25, 0.3) is 0 Å². The number of para-hydroxylation sites is 2. The predicted molar refractivity (Wildman–Crippen MR) is 123 cm³/mol. The summed E-state index contributed by atoms with van der Waals surface area (Å²) >= 11 is 9.77. The highest BCUT2D eigenvalue weighted by Gasteiger charge is 2.25. The van der Waals surface area contributed by atoms with Crippen molar-refractivity contribution in [2.75, 3.05) is 29.6 Å². The molecule has 0 spiro atoms. The van der Waals surface area contributed by atoms with Crippen LogP contribution in [0.3, 0.4) is 0 Å². The summed E-state index contributed by atoms with van der Waals surface area (Å²) < 4.78 is 5.33. The molecule has 2 aromatic rings. The smallest absolute Gasteiger partial charge is 0.0905 e. The maximum Gasteiger partial charge on any atom is 0.0905 e. The minimum absolute atomic E-state index is 0.964. The quantitative estimate of drug-likeness (QED) is 0.384. The number of rotatable bonds is 2. The molecule has 0 atom stereocenters. The van der Waals surface area contributed by atoms with Crippen LogP contribution in [0.5, 0.6) is 0 Å². The fraction of sp³-hybridized carbons (Fsp3) is 0.200. The SMILES string of the molecule is Ic1cccc(I)c1N1CCN(c2c(I)cccc2I)C1. The molecule has 0 amide bonds. The monoisotopic (exact) mass is 728 g/mol. The van der Waals surface area contributed by atoms with E-state index in [9.17, 15) is 0 Å². The summed E-state index contributed by atoms with van der Waals surface area (Å²) in [5.74, 6) is 0. The lowest BCUT2D eigenvalue weighted by Crippen LogP contribution is -2.27. The lowest BCUT2D eigenvalue weighted by atomic mass is 10.3. The molecule has 110 valence electrons. The number of benzene rings is 2. The van der Waals surface area contributed by atoms with Gasteiger partial charge in [-0.3, -0.25) is 0 Å². The van der Waals surface area contributed by atoms with Crippen molar-refractivity contribution in [2.24, 2.45) is 0 Å². The molecule has 1 saturated heterocycles. The maximum absolute atomic E-state index is 2.49. The minimum atomic E-state index is 0.964. The predicted octanol–water partition coefficient (Wildman–Crippen LogP) is 5.39. The second-order valence-electron chi connectivity index (χ2n) is 4.81. The molecule has 3 rings (SSSR count). The summed E-state index contributed by atoms with van der Waals surface area (Å²) in [6.07, 6.45) is 0. The third kappa shape index (κ3) is 3.57. The first-order chi connectivity index (χ1) is 10.1. The molecule has 6 heteroatoms. The van der Waals surface area contributed by atoms with Crippen molar-refractivity contribution in [3.05, 3.63) is 50.7 Å². The third-order valence-corrected chi connectivity index (χ3v) is 6.97. The average Bonchev–Trinajstić information content (AvgIpc) is 2.87. The van der Waals surface area contributed by atoms with Gasteiger partial charge in [-0.1, -0.05) is 12.1 Å². The number of hydrogen-bond acceptors (Lipinski definition) is 2. The second-order valence-corrected chi connectivity index (χ2v) is 9.46. The van der Waals surface area contributed by atoms with Crippen molar-refractivity contribution in [2.45, 2.75) is 0 Å². The van der Waals surface area contributed by atoms with E-state index in [1.54, 1.807) is 0 Å². The van der Waals surface area contributed by atoms with Crippen LogP contribution in [0.4, 0.5) is 11.4 Å². The molecule has 0 bridgehead atoms. The molecule has 1 fully saturated rings. The highest BCUT2D eigenvalue weighted by atomic mass is 127. The Morgan fingerprint density at radius 3 is 1.29 bits per heavy atom. The zero-order valence-electron chi connectivity index (χ0n) is 11.0. The van der Waals surface area contributed by atoms with Crippen molar-refractivity contribution >= 4 is 102 Å². The highest BCUT2D eigenvalue weighted by molar-refractivity contribution is 14.1. The van der Waals surface area contributed by atoms with Gasteiger partial charge in [-0.15, -0.1) is 0 Å². The van der Waals surface area contributed by atoms with Crippen LogP contribution in [0, 0.1) is 14.3 Å². The van der Waals surface area contributed by atoms with Gasteiger partial charge in [0.05, 0.1) is 18.0 Å². The van der Waals surface area contributed by atoms with Crippen LogP contribution in [-0.4, -0.2) is 19.8 Å². The van der Waals surface area contributed by atoms with Crippen LogP contribution in [0.2, 0.25) is 0 Å². The Labute approximate surface area is 179 Å². The van der Waals surface area contributed by atoms with E-state index >= 15 is 0 Å². The Hall–Kier alpha value is 0.960. The molecule has 1 heterocycles. The lowest BCUT2D eigenvalue weighted by molar-refractivity contribution is 0.939. The molecule has 2 nitrogen and oxygen atoms in total.